The highest BCUT2D eigenvalue weighted by atomic mass is 79.9. The number of ether oxygens (including phenoxy) is 6. The molecule has 0 aliphatic heterocycles. The van der Waals surface area contributed by atoms with Crippen LogP contribution >= 0.6 is 47.8 Å². The van der Waals surface area contributed by atoms with Gasteiger partial charge in [-0.05, 0) is 80.6 Å². The quantitative estimate of drug-likeness (QED) is 0.0413. The van der Waals surface area contributed by atoms with Crippen molar-refractivity contribution in [2.24, 2.45) is 11.8 Å². The summed E-state index contributed by atoms with van der Waals surface area (Å²) in [5.41, 5.74) is 0. The summed E-state index contributed by atoms with van der Waals surface area (Å²) in [4.78, 5) is 64.5. The van der Waals surface area contributed by atoms with Gasteiger partial charge in [0.05, 0.1) is 51.5 Å². The average molecular weight is 1050 g/mol. The Morgan fingerprint density at radius 2 is 0.915 bits per heavy atom. The summed E-state index contributed by atoms with van der Waals surface area (Å²) in [7, 11) is 0. The van der Waals surface area contributed by atoms with Gasteiger partial charge in [0.1, 0.15) is 14.0 Å². The van der Waals surface area contributed by atoms with Gasteiger partial charge in [0, 0.05) is 6.42 Å². The SMILES string of the molecule is CCCCC(Br)C(=O)OCC.CCCCC(CC)C(=O)OCC.CCCCOC(=O)C(C)Br.CCCCOC(=O)CC.CCOC(=O)C(C)(C)Br.CCOC(=O)C(C)C. The number of alkyl halides is 3. The molecule has 0 saturated carbocycles. The predicted octanol–water partition coefficient (Wildman–Crippen LogP) is 12.1. The highest BCUT2D eigenvalue weighted by Crippen LogP contribution is 2.17. The molecule has 0 aromatic rings. The number of hydrogen-bond donors (Lipinski definition) is 0. The Morgan fingerprint density at radius 1 is 0.508 bits per heavy atom. The lowest BCUT2D eigenvalue weighted by Gasteiger charge is -2.12. The zero-order valence-electron chi connectivity index (χ0n) is 39.6. The van der Waals surface area contributed by atoms with Crippen LogP contribution in [0.4, 0.5) is 0 Å². The van der Waals surface area contributed by atoms with Crippen LogP contribution in [0, 0.1) is 11.8 Å². The van der Waals surface area contributed by atoms with E-state index in [2.05, 4.69) is 80.2 Å². The van der Waals surface area contributed by atoms with Crippen LogP contribution in [0.15, 0.2) is 0 Å². The standard InChI is InChI=1S/C10H20O2.C8H15BrO2.C7H13BrO2.C7H14O2.C6H11BrO2.C6H12O2/c1-4-7-8-9(5-2)10(11)12-6-3;1-3-5-6-7(9)8(10)11-4-2;1-3-4-5-10-7(9)6(2)8;1-3-5-6-9-7(8)4-2;1-4-9-5(8)6(2,3)7;1-4-8-6(7)5(2)3/h9H,4-8H2,1-3H3;7H,3-6H2,1-2H3;6H,3-5H2,1-2H3;3-6H2,1-2H3;4H2,1-3H3;5H,4H2,1-3H3. The fraction of sp³-hybridized carbons (Fsp3) is 0.864. The van der Waals surface area contributed by atoms with Gasteiger partial charge < -0.3 is 28.4 Å². The maximum atomic E-state index is 11.3. The molecule has 3 unspecified atom stereocenters. The Balaban J connectivity index is -0.000000144. The molecule has 0 aliphatic carbocycles. The van der Waals surface area contributed by atoms with E-state index in [4.69, 9.17) is 23.7 Å². The van der Waals surface area contributed by atoms with Crippen molar-refractivity contribution >= 4 is 83.6 Å². The average Bonchev–Trinajstić information content (AvgIpc) is 3.18. The van der Waals surface area contributed by atoms with E-state index in [9.17, 15) is 28.8 Å². The summed E-state index contributed by atoms with van der Waals surface area (Å²) in [6, 6.07) is 0. The molecule has 354 valence electrons. The minimum atomic E-state index is -0.539. The summed E-state index contributed by atoms with van der Waals surface area (Å²) < 4.78 is 28.3. The van der Waals surface area contributed by atoms with Crippen LogP contribution in [-0.2, 0) is 57.2 Å². The number of carbonyl (C=O) groups is 6. The molecule has 0 aromatic heterocycles. The Kier molecular flexibility index (Phi) is 59.2. The molecule has 0 saturated heterocycles. The Labute approximate surface area is 385 Å². The highest BCUT2D eigenvalue weighted by Gasteiger charge is 2.24. The third-order valence-electron chi connectivity index (χ3n) is 7.01. The number of rotatable bonds is 23. The number of halogens is 3. The van der Waals surface area contributed by atoms with Gasteiger partial charge in [0.25, 0.3) is 0 Å². The maximum absolute atomic E-state index is 11.3. The number of unbranched alkanes of at least 4 members (excludes halogenated alkanes) is 4. The number of hydrogen-bond acceptors (Lipinski definition) is 12. The zero-order valence-corrected chi connectivity index (χ0v) is 44.3. The third-order valence-corrected chi connectivity index (χ3v) is 8.54. The molecule has 12 nitrogen and oxygen atoms in total. The van der Waals surface area contributed by atoms with Crippen molar-refractivity contribution in [3.8, 4) is 0 Å². The van der Waals surface area contributed by atoms with E-state index in [1.165, 1.54) is 0 Å². The van der Waals surface area contributed by atoms with Crippen molar-refractivity contribution in [3.63, 3.8) is 0 Å². The molecule has 0 radical (unpaired) electrons. The first-order valence-electron chi connectivity index (χ1n) is 21.6. The molecule has 0 rings (SSSR count). The molecule has 0 fully saturated rings. The second-order valence-corrected chi connectivity index (χ2v) is 18.0. The second kappa shape index (κ2) is 50.6. The van der Waals surface area contributed by atoms with Crippen LogP contribution in [0.5, 0.6) is 0 Å². The highest BCUT2D eigenvalue weighted by molar-refractivity contribution is 9.10. The minimum absolute atomic E-state index is 0.00921. The first kappa shape index (κ1) is 69.0. The second-order valence-electron chi connectivity index (χ2n) is 13.5. The van der Waals surface area contributed by atoms with Crippen LogP contribution in [-0.4, -0.2) is 89.4 Å². The van der Waals surface area contributed by atoms with Crippen molar-refractivity contribution in [2.45, 2.75) is 195 Å². The first-order valence-corrected chi connectivity index (χ1v) is 24.2. The summed E-state index contributed by atoms with van der Waals surface area (Å²) in [6.45, 7) is 31.4. The zero-order chi connectivity index (χ0) is 47.2. The lowest BCUT2D eigenvalue weighted by Crippen LogP contribution is -2.26. The number of carbonyl (C=O) groups excluding carboxylic acids is 6. The normalized spacial score (nSPS) is 11.4. The Morgan fingerprint density at radius 3 is 1.24 bits per heavy atom. The van der Waals surface area contributed by atoms with Crippen LogP contribution in [0.3, 0.4) is 0 Å². The van der Waals surface area contributed by atoms with Crippen LogP contribution < -0.4 is 0 Å². The molecule has 3 atom stereocenters. The van der Waals surface area contributed by atoms with E-state index in [0.29, 0.717) is 46.1 Å². The molecule has 59 heavy (non-hydrogen) atoms. The molecule has 15 heteroatoms. The van der Waals surface area contributed by atoms with Gasteiger partial charge in [-0.1, -0.05) is 142 Å². The molecule has 0 bridgehead atoms. The molecular weight excluding hydrogens is 960 g/mol. The molecule has 0 aromatic carbocycles. The van der Waals surface area contributed by atoms with Gasteiger partial charge in [-0.25, -0.2) is 0 Å². The van der Waals surface area contributed by atoms with Gasteiger partial charge in [-0.15, -0.1) is 0 Å². The maximum Gasteiger partial charge on any atom is 0.322 e. The van der Waals surface area contributed by atoms with Gasteiger partial charge in [-0.2, -0.15) is 0 Å². The van der Waals surface area contributed by atoms with Crippen molar-refractivity contribution in [2.75, 3.05) is 39.6 Å². The molecule has 0 aliphatic rings. The van der Waals surface area contributed by atoms with E-state index < -0.39 is 4.32 Å². The number of esters is 6. The van der Waals surface area contributed by atoms with Crippen molar-refractivity contribution < 1.29 is 57.2 Å². The van der Waals surface area contributed by atoms with Crippen molar-refractivity contribution in [3.05, 3.63) is 0 Å². The molecular formula is C44H85Br3O12. The Bertz CT molecular complexity index is 1000. The van der Waals surface area contributed by atoms with Crippen LogP contribution in [0.2, 0.25) is 0 Å². The van der Waals surface area contributed by atoms with E-state index in [1.54, 1.807) is 41.5 Å². The fourth-order valence-electron chi connectivity index (χ4n) is 3.41. The van der Waals surface area contributed by atoms with Crippen LogP contribution in [0.1, 0.15) is 181 Å². The van der Waals surface area contributed by atoms with E-state index in [-0.39, 0.29) is 57.3 Å². The molecule has 0 heterocycles. The summed E-state index contributed by atoms with van der Waals surface area (Å²) in [6.07, 6.45) is 11.8. The molecule has 0 spiro atoms. The molecule has 0 amide bonds. The van der Waals surface area contributed by atoms with Gasteiger partial charge in [-0.3, -0.25) is 28.8 Å². The fourth-order valence-corrected chi connectivity index (χ4v) is 4.11. The first-order chi connectivity index (χ1) is 27.6. The van der Waals surface area contributed by atoms with E-state index in [0.717, 1.165) is 70.6 Å². The Hall–Kier alpha value is -1.74. The van der Waals surface area contributed by atoms with Crippen molar-refractivity contribution in [1.82, 2.24) is 0 Å². The lowest BCUT2D eigenvalue weighted by atomic mass is 10.00. The van der Waals surface area contributed by atoms with Gasteiger partial charge in [0.15, 0.2) is 0 Å². The summed E-state index contributed by atoms with van der Waals surface area (Å²) in [5, 5.41) is 0. The summed E-state index contributed by atoms with van der Waals surface area (Å²) >= 11 is 9.56. The van der Waals surface area contributed by atoms with E-state index in [1.807, 2.05) is 34.6 Å². The van der Waals surface area contributed by atoms with Crippen molar-refractivity contribution in [1.29, 1.82) is 0 Å². The third kappa shape index (κ3) is 56.3. The minimum Gasteiger partial charge on any atom is -0.466 e. The van der Waals surface area contributed by atoms with Crippen LogP contribution in [0.25, 0.3) is 0 Å². The van der Waals surface area contributed by atoms with Gasteiger partial charge >= 0.3 is 35.8 Å². The molecule has 0 N–H and O–H groups in total. The smallest absolute Gasteiger partial charge is 0.322 e. The van der Waals surface area contributed by atoms with E-state index >= 15 is 0 Å². The largest absolute Gasteiger partial charge is 0.466 e. The lowest BCUT2D eigenvalue weighted by molar-refractivity contribution is -0.148. The monoisotopic (exact) mass is 1040 g/mol. The predicted molar refractivity (Wildman–Crippen MR) is 250 cm³/mol. The topological polar surface area (TPSA) is 158 Å². The van der Waals surface area contributed by atoms with Gasteiger partial charge in [0.2, 0.25) is 0 Å². The summed E-state index contributed by atoms with van der Waals surface area (Å²) in [5.74, 6) is -0.622.